The quantitative estimate of drug-likeness (QED) is 0.717. The van der Waals surface area contributed by atoms with Crippen molar-refractivity contribution in [2.75, 3.05) is 0 Å². The van der Waals surface area contributed by atoms with E-state index in [0.717, 1.165) is 0 Å². The Morgan fingerprint density at radius 3 is 2.53 bits per heavy atom. The van der Waals surface area contributed by atoms with E-state index in [9.17, 15) is 9.59 Å². The van der Waals surface area contributed by atoms with Gasteiger partial charge in [-0.3, -0.25) is 9.59 Å². The molecule has 0 amide bonds. The lowest BCUT2D eigenvalue weighted by molar-refractivity contribution is -0.138. The first-order chi connectivity index (χ1) is 7.02. The zero-order chi connectivity index (χ0) is 11.4. The van der Waals surface area contributed by atoms with Crippen LogP contribution in [0.2, 0.25) is 0 Å². The summed E-state index contributed by atoms with van der Waals surface area (Å²) >= 11 is 0. The van der Waals surface area contributed by atoms with Crippen molar-refractivity contribution in [2.24, 2.45) is 5.73 Å². The van der Waals surface area contributed by atoms with E-state index in [0.29, 0.717) is 11.1 Å². The van der Waals surface area contributed by atoms with Gasteiger partial charge < -0.3 is 10.8 Å². The maximum atomic E-state index is 11.2. The SMILES string of the molecule is CC(=O)c1ccccc1C[C@H](N)C(=O)O. The van der Waals surface area contributed by atoms with Crippen LogP contribution < -0.4 is 5.73 Å². The highest BCUT2D eigenvalue weighted by Crippen LogP contribution is 2.11. The standard InChI is InChI=1S/C11H13NO3/c1-7(13)9-5-3-2-4-8(9)6-10(12)11(14)15/h2-5,10H,6,12H2,1H3,(H,14,15)/t10-/m0/s1. The molecule has 0 unspecified atom stereocenters. The van der Waals surface area contributed by atoms with Gasteiger partial charge in [0.1, 0.15) is 6.04 Å². The topological polar surface area (TPSA) is 80.4 Å². The summed E-state index contributed by atoms with van der Waals surface area (Å²) in [5, 5.41) is 8.66. The number of hydrogen-bond donors (Lipinski definition) is 2. The van der Waals surface area contributed by atoms with Gasteiger partial charge in [0.05, 0.1) is 0 Å². The summed E-state index contributed by atoms with van der Waals surface area (Å²) in [4.78, 5) is 21.8. The molecule has 4 nitrogen and oxygen atoms in total. The smallest absolute Gasteiger partial charge is 0.320 e. The van der Waals surface area contributed by atoms with E-state index in [2.05, 4.69) is 0 Å². The molecule has 0 aliphatic rings. The molecule has 0 radical (unpaired) electrons. The van der Waals surface area contributed by atoms with Crippen molar-refractivity contribution < 1.29 is 14.7 Å². The summed E-state index contributed by atoms with van der Waals surface area (Å²) in [5.74, 6) is -1.14. The normalized spacial score (nSPS) is 12.1. The number of carboxylic acid groups (broad SMARTS) is 1. The van der Waals surface area contributed by atoms with Crippen LogP contribution >= 0.6 is 0 Å². The van der Waals surface area contributed by atoms with Gasteiger partial charge in [-0.15, -0.1) is 0 Å². The maximum absolute atomic E-state index is 11.2. The van der Waals surface area contributed by atoms with Crippen molar-refractivity contribution in [1.29, 1.82) is 0 Å². The van der Waals surface area contributed by atoms with Crippen LogP contribution in [0.25, 0.3) is 0 Å². The number of benzene rings is 1. The predicted molar refractivity (Wildman–Crippen MR) is 55.8 cm³/mol. The Hall–Kier alpha value is -1.68. The lowest BCUT2D eigenvalue weighted by atomic mass is 9.98. The molecule has 0 spiro atoms. The molecule has 1 aromatic carbocycles. The zero-order valence-electron chi connectivity index (χ0n) is 8.43. The Labute approximate surface area is 87.7 Å². The summed E-state index contributed by atoms with van der Waals surface area (Å²) in [6.45, 7) is 1.45. The molecular weight excluding hydrogens is 194 g/mol. The lowest BCUT2D eigenvalue weighted by Gasteiger charge is -2.09. The molecule has 0 bridgehead atoms. The van der Waals surface area contributed by atoms with Gasteiger partial charge in [-0.05, 0) is 18.9 Å². The fourth-order valence-corrected chi connectivity index (χ4v) is 1.37. The molecule has 0 aliphatic carbocycles. The van der Waals surface area contributed by atoms with Gasteiger partial charge in [0.25, 0.3) is 0 Å². The molecule has 4 heteroatoms. The minimum Gasteiger partial charge on any atom is -0.480 e. The largest absolute Gasteiger partial charge is 0.480 e. The van der Waals surface area contributed by atoms with Crippen molar-refractivity contribution in [2.45, 2.75) is 19.4 Å². The van der Waals surface area contributed by atoms with Crippen LogP contribution in [0.15, 0.2) is 24.3 Å². The third kappa shape index (κ3) is 2.89. The molecule has 1 aromatic rings. The van der Waals surface area contributed by atoms with Crippen molar-refractivity contribution in [1.82, 2.24) is 0 Å². The molecule has 80 valence electrons. The fraction of sp³-hybridized carbons (Fsp3) is 0.273. The van der Waals surface area contributed by atoms with Gasteiger partial charge in [0, 0.05) is 5.56 Å². The first-order valence-corrected chi connectivity index (χ1v) is 4.59. The van der Waals surface area contributed by atoms with E-state index in [1.165, 1.54) is 6.92 Å². The Kier molecular flexibility index (Phi) is 3.57. The van der Waals surface area contributed by atoms with Gasteiger partial charge in [-0.25, -0.2) is 0 Å². The number of carboxylic acids is 1. The van der Waals surface area contributed by atoms with Crippen molar-refractivity contribution >= 4 is 11.8 Å². The number of nitrogens with two attached hydrogens (primary N) is 1. The molecule has 0 saturated carbocycles. The van der Waals surface area contributed by atoms with E-state index in [1.54, 1.807) is 24.3 Å². The third-order valence-corrected chi connectivity index (χ3v) is 2.15. The van der Waals surface area contributed by atoms with Gasteiger partial charge in [0.15, 0.2) is 5.78 Å². The second-order valence-electron chi connectivity index (χ2n) is 3.36. The maximum Gasteiger partial charge on any atom is 0.320 e. The van der Waals surface area contributed by atoms with Gasteiger partial charge in [0.2, 0.25) is 0 Å². The van der Waals surface area contributed by atoms with Gasteiger partial charge >= 0.3 is 5.97 Å². The Morgan fingerprint density at radius 2 is 2.00 bits per heavy atom. The van der Waals surface area contributed by atoms with E-state index in [4.69, 9.17) is 10.8 Å². The average molecular weight is 207 g/mol. The molecule has 1 atom stereocenters. The summed E-state index contributed by atoms with van der Waals surface area (Å²) in [6.07, 6.45) is 0.172. The Morgan fingerprint density at radius 1 is 1.40 bits per heavy atom. The van der Waals surface area contributed by atoms with E-state index in [1.807, 2.05) is 0 Å². The fourth-order valence-electron chi connectivity index (χ4n) is 1.37. The summed E-state index contributed by atoms with van der Waals surface area (Å²) in [5.41, 5.74) is 6.62. The minimum atomic E-state index is -1.06. The summed E-state index contributed by atoms with van der Waals surface area (Å²) in [7, 11) is 0. The summed E-state index contributed by atoms with van der Waals surface area (Å²) < 4.78 is 0. The Balaban J connectivity index is 2.94. The van der Waals surface area contributed by atoms with E-state index < -0.39 is 12.0 Å². The highest BCUT2D eigenvalue weighted by Gasteiger charge is 2.15. The molecule has 3 N–H and O–H groups in total. The third-order valence-electron chi connectivity index (χ3n) is 2.15. The molecule has 1 rings (SSSR count). The highest BCUT2D eigenvalue weighted by molar-refractivity contribution is 5.95. The lowest BCUT2D eigenvalue weighted by Crippen LogP contribution is -2.32. The van der Waals surface area contributed by atoms with Crippen molar-refractivity contribution in [3.8, 4) is 0 Å². The number of rotatable bonds is 4. The predicted octanol–water partition coefficient (Wildman–Crippen LogP) is 0.844. The number of Topliss-reactive ketones (excluding diaryl/α,β-unsaturated/α-hetero) is 1. The molecule has 0 fully saturated rings. The zero-order valence-corrected chi connectivity index (χ0v) is 8.43. The number of carbonyl (C=O) groups is 2. The molecule has 0 saturated heterocycles. The number of hydrogen-bond acceptors (Lipinski definition) is 3. The van der Waals surface area contributed by atoms with Gasteiger partial charge in [-0.1, -0.05) is 24.3 Å². The van der Waals surface area contributed by atoms with Crippen LogP contribution in [0.3, 0.4) is 0 Å². The number of ketones is 1. The van der Waals surface area contributed by atoms with Crippen LogP contribution in [-0.2, 0) is 11.2 Å². The van der Waals surface area contributed by atoms with Crippen LogP contribution in [0.4, 0.5) is 0 Å². The van der Waals surface area contributed by atoms with E-state index in [-0.39, 0.29) is 12.2 Å². The first kappa shape index (κ1) is 11.4. The second-order valence-corrected chi connectivity index (χ2v) is 3.36. The summed E-state index contributed by atoms with van der Waals surface area (Å²) in [6, 6.07) is 5.93. The highest BCUT2D eigenvalue weighted by atomic mass is 16.4. The average Bonchev–Trinajstić information content (AvgIpc) is 2.18. The molecule has 15 heavy (non-hydrogen) atoms. The monoisotopic (exact) mass is 207 g/mol. The van der Waals surface area contributed by atoms with Crippen LogP contribution in [0, 0.1) is 0 Å². The number of carbonyl (C=O) groups excluding carboxylic acids is 1. The van der Waals surface area contributed by atoms with Crippen molar-refractivity contribution in [3.05, 3.63) is 35.4 Å². The van der Waals surface area contributed by atoms with Gasteiger partial charge in [-0.2, -0.15) is 0 Å². The van der Waals surface area contributed by atoms with Crippen LogP contribution in [0.1, 0.15) is 22.8 Å². The van der Waals surface area contributed by atoms with E-state index >= 15 is 0 Å². The molecular formula is C11H13NO3. The minimum absolute atomic E-state index is 0.0804. The second kappa shape index (κ2) is 4.70. The molecule has 0 heterocycles. The number of aliphatic carboxylic acids is 1. The molecule has 0 aliphatic heterocycles. The molecule has 0 aromatic heterocycles. The van der Waals surface area contributed by atoms with Crippen LogP contribution in [-0.4, -0.2) is 22.9 Å². The first-order valence-electron chi connectivity index (χ1n) is 4.59. The Bertz CT molecular complexity index is 387. The van der Waals surface area contributed by atoms with Crippen LogP contribution in [0.5, 0.6) is 0 Å². The van der Waals surface area contributed by atoms with Crippen molar-refractivity contribution in [3.63, 3.8) is 0 Å².